The van der Waals surface area contributed by atoms with Crippen molar-refractivity contribution in [1.29, 1.82) is 0 Å². The van der Waals surface area contributed by atoms with Crippen LogP contribution in [-0.2, 0) is 4.74 Å². The van der Waals surface area contributed by atoms with Crippen molar-refractivity contribution in [2.75, 3.05) is 27.8 Å². The van der Waals surface area contributed by atoms with E-state index in [4.69, 9.17) is 4.74 Å². The molecule has 0 bridgehead atoms. The Labute approximate surface area is 58.6 Å². The first-order valence-electron chi connectivity index (χ1n) is 3.40. The molecule has 0 unspecified atom stereocenters. The highest BCUT2D eigenvalue weighted by molar-refractivity contribution is 4.26. The lowest BCUT2D eigenvalue weighted by molar-refractivity contribution is 0.194. The predicted molar refractivity (Wildman–Crippen MR) is 41.8 cm³/mol. The highest BCUT2D eigenvalue weighted by Gasteiger charge is 1.74. The first-order valence-corrected chi connectivity index (χ1v) is 3.40. The average Bonchev–Trinajstić information content (AvgIpc) is 1.86. The van der Waals surface area contributed by atoms with E-state index >= 15 is 0 Å². The fourth-order valence-electron chi connectivity index (χ4n) is 0.289. The molecule has 0 aliphatic carbocycles. The van der Waals surface area contributed by atoms with Gasteiger partial charge in [0, 0.05) is 13.7 Å². The molecule has 0 aromatic carbocycles. The van der Waals surface area contributed by atoms with Crippen molar-refractivity contribution in [3.63, 3.8) is 0 Å². The van der Waals surface area contributed by atoms with E-state index in [-0.39, 0.29) is 0 Å². The van der Waals surface area contributed by atoms with Gasteiger partial charge >= 0.3 is 0 Å². The second-order valence-corrected chi connectivity index (χ2v) is 1.85. The Morgan fingerprint density at radius 1 is 1.33 bits per heavy atom. The first-order chi connectivity index (χ1) is 4.33. The van der Waals surface area contributed by atoms with Crippen molar-refractivity contribution in [3.8, 4) is 0 Å². The van der Waals surface area contributed by atoms with Crippen molar-refractivity contribution in [3.05, 3.63) is 0 Å². The van der Waals surface area contributed by atoms with Crippen LogP contribution < -0.4 is 5.32 Å². The molecule has 0 aromatic rings. The van der Waals surface area contributed by atoms with Crippen molar-refractivity contribution in [2.45, 2.75) is 19.8 Å². The number of ether oxygens (including phenoxy) is 1. The maximum atomic E-state index is 4.78. The minimum Gasteiger partial charge on any atom is -0.385 e. The van der Waals surface area contributed by atoms with E-state index in [0.717, 1.165) is 6.61 Å². The molecule has 0 saturated heterocycles. The molecule has 0 aromatic heterocycles. The maximum Gasteiger partial charge on any atom is 0.0462 e. The Kier molecular flexibility index (Phi) is 20.3. The topological polar surface area (TPSA) is 21.3 Å². The Hall–Kier alpha value is -0.0800. The first kappa shape index (κ1) is 11.7. The van der Waals surface area contributed by atoms with E-state index < -0.39 is 0 Å². The molecule has 0 aliphatic heterocycles. The van der Waals surface area contributed by atoms with E-state index in [0.29, 0.717) is 0 Å². The number of methoxy groups -OCH3 is 1. The fraction of sp³-hybridized carbons (Fsp3) is 1.00. The summed E-state index contributed by atoms with van der Waals surface area (Å²) in [5.41, 5.74) is 0. The van der Waals surface area contributed by atoms with Crippen LogP contribution in [0.4, 0.5) is 0 Å². The highest BCUT2D eigenvalue weighted by Crippen LogP contribution is 1.83. The second-order valence-electron chi connectivity index (χ2n) is 1.85. The molecule has 0 radical (unpaired) electrons. The number of hydrogen-bond acceptors (Lipinski definition) is 2. The van der Waals surface area contributed by atoms with Gasteiger partial charge in [0.1, 0.15) is 0 Å². The number of unbranched alkanes of at least 4 members (excludes halogenated alkanes) is 1. The third-order valence-corrected chi connectivity index (χ3v) is 0.702. The van der Waals surface area contributed by atoms with E-state index in [1.54, 1.807) is 7.11 Å². The lowest BCUT2D eigenvalue weighted by Crippen LogP contribution is -1.89. The quantitative estimate of drug-likeness (QED) is 0.585. The molecular weight excluding hydrogens is 114 g/mol. The molecule has 2 heteroatoms. The van der Waals surface area contributed by atoms with Gasteiger partial charge in [0.2, 0.25) is 0 Å². The van der Waals surface area contributed by atoms with Crippen LogP contribution in [0.5, 0.6) is 0 Å². The summed E-state index contributed by atoms with van der Waals surface area (Å²) in [5.74, 6) is 0. The summed E-state index contributed by atoms with van der Waals surface area (Å²) in [6.45, 7) is 3.07. The number of nitrogens with one attached hydrogen (secondary N) is 1. The summed E-state index contributed by atoms with van der Waals surface area (Å²) in [6.07, 6.45) is 2.42. The van der Waals surface area contributed by atoms with Crippen LogP contribution in [0.1, 0.15) is 19.8 Å². The Morgan fingerprint density at radius 3 is 1.89 bits per heavy atom. The molecule has 0 spiro atoms. The molecule has 58 valence electrons. The lowest BCUT2D eigenvalue weighted by atomic mass is 10.4. The van der Waals surface area contributed by atoms with Crippen molar-refractivity contribution in [2.24, 2.45) is 0 Å². The van der Waals surface area contributed by atoms with Gasteiger partial charge in [-0.3, -0.25) is 0 Å². The van der Waals surface area contributed by atoms with Crippen molar-refractivity contribution < 1.29 is 4.74 Å². The summed E-state index contributed by atoms with van der Waals surface area (Å²) >= 11 is 0. The van der Waals surface area contributed by atoms with Crippen LogP contribution in [0.2, 0.25) is 0 Å². The molecule has 0 heterocycles. The van der Waals surface area contributed by atoms with Gasteiger partial charge in [0.25, 0.3) is 0 Å². The molecular formula is C7H19NO. The van der Waals surface area contributed by atoms with E-state index in [9.17, 15) is 0 Å². The molecule has 9 heavy (non-hydrogen) atoms. The zero-order valence-electron chi connectivity index (χ0n) is 7.03. The fourth-order valence-corrected chi connectivity index (χ4v) is 0.289. The van der Waals surface area contributed by atoms with Crippen LogP contribution in [0.3, 0.4) is 0 Å². The SMILES string of the molecule is CCCCOC.CNC. The zero-order chi connectivity index (χ0) is 7.54. The van der Waals surface area contributed by atoms with E-state index in [1.165, 1.54) is 12.8 Å². The van der Waals surface area contributed by atoms with Gasteiger partial charge in [-0.2, -0.15) is 0 Å². The molecule has 0 aliphatic rings. The largest absolute Gasteiger partial charge is 0.385 e. The van der Waals surface area contributed by atoms with Crippen molar-refractivity contribution in [1.82, 2.24) is 5.32 Å². The standard InChI is InChI=1S/C5H12O.C2H7N/c1-3-4-5-6-2;1-3-2/h3-5H2,1-2H3;3H,1-2H3. The van der Waals surface area contributed by atoms with Crippen LogP contribution in [0, 0.1) is 0 Å². The normalized spacial score (nSPS) is 8.00. The lowest BCUT2D eigenvalue weighted by Gasteiger charge is -1.89. The minimum absolute atomic E-state index is 0.913. The highest BCUT2D eigenvalue weighted by atomic mass is 16.5. The van der Waals surface area contributed by atoms with E-state index in [2.05, 4.69) is 12.2 Å². The Balaban J connectivity index is 0. The van der Waals surface area contributed by atoms with Gasteiger partial charge in [0.15, 0.2) is 0 Å². The molecule has 2 nitrogen and oxygen atoms in total. The van der Waals surface area contributed by atoms with Crippen molar-refractivity contribution >= 4 is 0 Å². The third kappa shape index (κ3) is 32.6. The predicted octanol–water partition coefficient (Wildman–Crippen LogP) is 1.27. The van der Waals surface area contributed by atoms with Gasteiger partial charge in [-0.15, -0.1) is 0 Å². The van der Waals surface area contributed by atoms with Gasteiger partial charge < -0.3 is 10.1 Å². The maximum absolute atomic E-state index is 4.78. The molecule has 0 rings (SSSR count). The summed E-state index contributed by atoms with van der Waals surface area (Å²) < 4.78 is 4.78. The smallest absolute Gasteiger partial charge is 0.0462 e. The van der Waals surface area contributed by atoms with Crippen LogP contribution in [0.25, 0.3) is 0 Å². The third-order valence-electron chi connectivity index (χ3n) is 0.702. The Morgan fingerprint density at radius 2 is 1.78 bits per heavy atom. The zero-order valence-corrected chi connectivity index (χ0v) is 7.03. The number of hydrogen-bond donors (Lipinski definition) is 1. The summed E-state index contributed by atoms with van der Waals surface area (Å²) in [6, 6.07) is 0. The second kappa shape index (κ2) is 15.7. The van der Waals surface area contributed by atoms with Gasteiger partial charge in [-0.1, -0.05) is 13.3 Å². The molecule has 0 fully saturated rings. The van der Waals surface area contributed by atoms with Crippen LogP contribution in [-0.4, -0.2) is 27.8 Å². The monoisotopic (exact) mass is 133 g/mol. The van der Waals surface area contributed by atoms with Gasteiger partial charge in [-0.25, -0.2) is 0 Å². The van der Waals surface area contributed by atoms with Gasteiger partial charge in [0.05, 0.1) is 0 Å². The van der Waals surface area contributed by atoms with Crippen LogP contribution >= 0.6 is 0 Å². The molecule has 0 saturated carbocycles. The summed E-state index contributed by atoms with van der Waals surface area (Å²) in [5, 5.41) is 2.75. The summed E-state index contributed by atoms with van der Waals surface area (Å²) in [4.78, 5) is 0. The molecule has 0 atom stereocenters. The minimum atomic E-state index is 0.913. The van der Waals surface area contributed by atoms with Gasteiger partial charge in [-0.05, 0) is 20.5 Å². The average molecular weight is 133 g/mol. The van der Waals surface area contributed by atoms with E-state index in [1.807, 2.05) is 14.1 Å². The Bertz CT molecular complexity index is 28.1. The molecule has 1 N–H and O–H groups in total. The van der Waals surface area contributed by atoms with Crippen LogP contribution in [0.15, 0.2) is 0 Å². The molecule has 0 amide bonds. The number of rotatable bonds is 3. The summed E-state index contributed by atoms with van der Waals surface area (Å²) in [7, 11) is 5.48.